The molecule has 0 unspecified atom stereocenters. The fraction of sp³-hybridized carbons (Fsp3) is 0.273. The Morgan fingerprint density at radius 1 is 1.13 bits per heavy atom. The fourth-order valence-electron chi connectivity index (χ4n) is 3.28. The summed E-state index contributed by atoms with van der Waals surface area (Å²) in [5, 5.41) is 0. The molecule has 1 aliphatic rings. The van der Waals surface area contributed by atoms with Crippen LogP contribution in [0.15, 0.2) is 54.0 Å². The Labute approximate surface area is 188 Å². The highest BCUT2D eigenvalue weighted by atomic mass is 79.9. The topological polar surface area (TPSA) is 55.4 Å². The maximum Gasteiger partial charge on any atom is 0.238 e. The smallest absolute Gasteiger partial charge is 0.238 e. The highest BCUT2D eigenvalue weighted by molar-refractivity contribution is 9.10. The number of rotatable bonds is 10. The number of anilines is 1. The summed E-state index contributed by atoms with van der Waals surface area (Å²) in [6, 6.07) is 4.92. The van der Waals surface area contributed by atoms with Crippen LogP contribution in [0.4, 0.5) is 18.9 Å². The molecule has 0 heterocycles. The summed E-state index contributed by atoms with van der Waals surface area (Å²) in [7, 11) is -3.99. The standard InChI is InChI=1S/C22H21BrF3NO3S/c1-3-7-22(8-9-22)31(28,29)27-21-16(11-14-5-6-15(23)12-17(14)24)20(26)18(25)13-19(21)30-10-4-2/h3-6,12-13,27H,1-2,7-11H2. The Morgan fingerprint density at radius 3 is 2.42 bits per heavy atom. The average molecular weight is 516 g/mol. The molecule has 0 radical (unpaired) electrons. The Balaban J connectivity index is 2.13. The largest absolute Gasteiger partial charge is 0.487 e. The van der Waals surface area contributed by atoms with Crippen molar-refractivity contribution in [3.05, 3.63) is 82.6 Å². The molecule has 1 aliphatic carbocycles. The number of benzene rings is 2. The molecule has 0 aliphatic heterocycles. The van der Waals surface area contributed by atoms with E-state index in [1.54, 1.807) is 6.07 Å². The van der Waals surface area contributed by atoms with Crippen molar-refractivity contribution in [3.63, 3.8) is 0 Å². The van der Waals surface area contributed by atoms with Crippen molar-refractivity contribution in [2.24, 2.45) is 0 Å². The Hall–Kier alpha value is -2.26. The minimum Gasteiger partial charge on any atom is -0.487 e. The van der Waals surface area contributed by atoms with Crippen molar-refractivity contribution >= 4 is 31.6 Å². The van der Waals surface area contributed by atoms with E-state index in [1.165, 1.54) is 24.3 Å². The highest BCUT2D eigenvalue weighted by Gasteiger charge is 2.54. The number of ether oxygens (including phenoxy) is 1. The van der Waals surface area contributed by atoms with E-state index in [1.807, 2.05) is 0 Å². The third-order valence-electron chi connectivity index (χ3n) is 5.15. The van der Waals surface area contributed by atoms with Crippen LogP contribution in [0.5, 0.6) is 5.75 Å². The zero-order valence-electron chi connectivity index (χ0n) is 16.6. The molecule has 2 aromatic carbocycles. The van der Waals surface area contributed by atoms with Gasteiger partial charge in [0.25, 0.3) is 0 Å². The molecule has 9 heteroatoms. The molecule has 1 N–H and O–H groups in total. The third kappa shape index (κ3) is 4.82. The summed E-state index contributed by atoms with van der Waals surface area (Å²) in [5.74, 6) is -3.36. The molecule has 1 saturated carbocycles. The van der Waals surface area contributed by atoms with Gasteiger partial charge in [-0.3, -0.25) is 4.72 Å². The molecule has 166 valence electrons. The van der Waals surface area contributed by atoms with Gasteiger partial charge < -0.3 is 4.74 Å². The van der Waals surface area contributed by atoms with E-state index in [2.05, 4.69) is 33.8 Å². The Morgan fingerprint density at radius 2 is 1.84 bits per heavy atom. The second kappa shape index (κ2) is 9.08. The van der Waals surface area contributed by atoms with Gasteiger partial charge in [0.05, 0.1) is 10.4 Å². The molecule has 0 amide bonds. The molecule has 31 heavy (non-hydrogen) atoms. The van der Waals surface area contributed by atoms with Crippen LogP contribution in [0.25, 0.3) is 0 Å². The Bertz CT molecular complexity index is 1130. The summed E-state index contributed by atoms with van der Waals surface area (Å²) in [6.07, 6.45) is 3.54. The number of sulfonamides is 1. The minimum atomic E-state index is -3.99. The van der Waals surface area contributed by atoms with Gasteiger partial charge in [0.15, 0.2) is 11.6 Å². The molecule has 0 bridgehead atoms. The Kier molecular flexibility index (Phi) is 6.85. The number of hydrogen-bond acceptors (Lipinski definition) is 3. The predicted molar refractivity (Wildman–Crippen MR) is 118 cm³/mol. The number of nitrogens with one attached hydrogen (secondary N) is 1. The van der Waals surface area contributed by atoms with Crippen molar-refractivity contribution in [3.8, 4) is 5.75 Å². The van der Waals surface area contributed by atoms with Gasteiger partial charge in [-0.1, -0.05) is 40.7 Å². The van der Waals surface area contributed by atoms with E-state index in [0.29, 0.717) is 17.3 Å². The van der Waals surface area contributed by atoms with Gasteiger partial charge in [0.1, 0.15) is 18.2 Å². The van der Waals surface area contributed by atoms with Crippen molar-refractivity contribution in [1.29, 1.82) is 0 Å². The van der Waals surface area contributed by atoms with Crippen LogP contribution >= 0.6 is 15.9 Å². The van der Waals surface area contributed by atoms with Crippen LogP contribution in [0.3, 0.4) is 0 Å². The zero-order chi connectivity index (χ0) is 22.8. The first-order chi connectivity index (χ1) is 14.6. The molecule has 0 spiro atoms. The van der Waals surface area contributed by atoms with Gasteiger partial charge >= 0.3 is 0 Å². The van der Waals surface area contributed by atoms with Crippen LogP contribution in [0.1, 0.15) is 30.4 Å². The van der Waals surface area contributed by atoms with Crippen molar-refractivity contribution < 1.29 is 26.3 Å². The van der Waals surface area contributed by atoms with Crippen LogP contribution < -0.4 is 9.46 Å². The molecule has 0 saturated heterocycles. The fourth-order valence-corrected chi connectivity index (χ4v) is 5.30. The number of hydrogen-bond donors (Lipinski definition) is 1. The summed E-state index contributed by atoms with van der Waals surface area (Å²) < 4.78 is 77.0. The summed E-state index contributed by atoms with van der Waals surface area (Å²) >= 11 is 3.14. The van der Waals surface area contributed by atoms with Crippen molar-refractivity contribution in [2.45, 2.75) is 30.4 Å². The van der Waals surface area contributed by atoms with Crippen LogP contribution in [-0.4, -0.2) is 19.8 Å². The lowest BCUT2D eigenvalue weighted by Crippen LogP contribution is -2.30. The lowest BCUT2D eigenvalue weighted by Gasteiger charge is -2.21. The molecule has 0 atom stereocenters. The van der Waals surface area contributed by atoms with Gasteiger partial charge in [-0.2, -0.15) is 0 Å². The zero-order valence-corrected chi connectivity index (χ0v) is 19.0. The summed E-state index contributed by atoms with van der Waals surface area (Å²) in [6.45, 7) is 7.04. The van der Waals surface area contributed by atoms with Gasteiger partial charge in [-0.05, 0) is 37.0 Å². The molecule has 2 aromatic rings. The molecule has 1 fully saturated rings. The van der Waals surface area contributed by atoms with E-state index in [4.69, 9.17) is 4.74 Å². The number of halogens is 4. The first-order valence-electron chi connectivity index (χ1n) is 9.46. The first-order valence-corrected chi connectivity index (χ1v) is 11.7. The van der Waals surface area contributed by atoms with Crippen LogP contribution in [-0.2, 0) is 16.4 Å². The molecule has 4 nitrogen and oxygen atoms in total. The maximum absolute atomic E-state index is 14.9. The van der Waals surface area contributed by atoms with E-state index in [0.717, 1.165) is 6.07 Å². The van der Waals surface area contributed by atoms with Crippen molar-refractivity contribution in [2.75, 3.05) is 11.3 Å². The lowest BCUT2D eigenvalue weighted by molar-refractivity contribution is 0.359. The van der Waals surface area contributed by atoms with E-state index in [-0.39, 0.29) is 42.0 Å². The van der Waals surface area contributed by atoms with Gasteiger partial charge in [0.2, 0.25) is 10.0 Å². The van der Waals surface area contributed by atoms with E-state index in [9.17, 15) is 21.6 Å². The monoisotopic (exact) mass is 515 g/mol. The quantitative estimate of drug-likeness (QED) is 0.402. The van der Waals surface area contributed by atoms with Crippen LogP contribution in [0.2, 0.25) is 0 Å². The first kappa shape index (κ1) is 23.4. The second-order valence-corrected chi connectivity index (χ2v) is 10.3. The number of allylic oxidation sites excluding steroid dienone is 1. The van der Waals surface area contributed by atoms with Crippen molar-refractivity contribution in [1.82, 2.24) is 0 Å². The van der Waals surface area contributed by atoms with E-state index < -0.39 is 32.2 Å². The highest BCUT2D eigenvalue weighted by Crippen LogP contribution is 2.48. The minimum absolute atomic E-state index is 0.0649. The normalized spacial score (nSPS) is 14.7. The predicted octanol–water partition coefficient (Wildman–Crippen LogP) is 5.87. The van der Waals surface area contributed by atoms with Gasteiger partial charge in [-0.15, -0.1) is 6.58 Å². The molecular weight excluding hydrogens is 495 g/mol. The van der Waals surface area contributed by atoms with E-state index >= 15 is 0 Å². The molecule has 0 aromatic heterocycles. The maximum atomic E-state index is 14.9. The van der Waals surface area contributed by atoms with Gasteiger partial charge in [-0.25, -0.2) is 21.6 Å². The summed E-state index contributed by atoms with van der Waals surface area (Å²) in [4.78, 5) is 0. The third-order valence-corrected chi connectivity index (χ3v) is 7.83. The van der Waals surface area contributed by atoms with Gasteiger partial charge in [0, 0.05) is 22.5 Å². The second-order valence-electron chi connectivity index (χ2n) is 7.32. The summed E-state index contributed by atoms with van der Waals surface area (Å²) in [5.41, 5.74) is -0.535. The molecule has 3 rings (SSSR count). The van der Waals surface area contributed by atoms with Crippen LogP contribution in [0, 0.1) is 17.5 Å². The SMILES string of the molecule is C=CCOc1cc(F)c(F)c(Cc2ccc(Br)cc2F)c1NS(=O)(=O)C1(CC=C)CC1. The average Bonchev–Trinajstić information content (AvgIpc) is 3.49. The lowest BCUT2D eigenvalue weighted by atomic mass is 10.0. The molecular formula is C22H21BrF3NO3S.